The van der Waals surface area contributed by atoms with Crippen LogP contribution < -0.4 is 0 Å². The van der Waals surface area contributed by atoms with Gasteiger partial charge in [0, 0.05) is 10.9 Å². The van der Waals surface area contributed by atoms with Gasteiger partial charge in [0.05, 0.1) is 11.5 Å². The highest BCUT2D eigenvalue weighted by Crippen LogP contribution is 2.40. The van der Waals surface area contributed by atoms with Gasteiger partial charge in [0.2, 0.25) is 0 Å². The number of carbonyl (C=O) groups excluding carboxylic acids is 2. The van der Waals surface area contributed by atoms with Gasteiger partial charge in [-0.15, -0.1) is 0 Å². The Morgan fingerprint density at radius 2 is 1.81 bits per heavy atom. The zero-order valence-electron chi connectivity index (χ0n) is 11.9. The van der Waals surface area contributed by atoms with E-state index in [1.54, 1.807) is 12.1 Å². The molecule has 3 nitrogen and oxygen atoms in total. The van der Waals surface area contributed by atoms with Crippen LogP contribution in [0.4, 0.5) is 0 Å². The number of rotatable bonds is 2. The molecule has 0 unspecified atom stereocenters. The minimum atomic E-state index is -0.313. The summed E-state index contributed by atoms with van der Waals surface area (Å²) in [5, 5.41) is 0. The highest BCUT2D eigenvalue weighted by molar-refractivity contribution is 9.10. The maximum atomic E-state index is 12.3. The van der Waals surface area contributed by atoms with Crippen LogP contribution in [0.25, 0.3) is 0 Å². The first-order valence-corrected chi connectivity index (χ1v) is 8.44. The van der Waals surface area contributed by atoms with Crippen LogP contribution >= 0.6 is 15.9 Å². The molecule has 0 heterocycles. The molecule has 3 atom stereocenters. The molecule has 0 radical (unpaired) electrons. The first-order valence-electron chi connectivity index (χ1n) is 7.64. The van der Waals surface area contributed by atoms with Crippen molar-refractivity contribution in [3.05, 3.63) is 34.3 Å². The van der Waals surface area contributed by atoms with Crippen molar-refractivity contribution in [1.82, 2.24) is 0 Å². The summed E-state index contributed by atoms with van der Waals surface area (Å²) in [6.07, 6.45) is 5.47. The Kier molecular flexibility index (Phi) is 4.43. The summed E-state index contributed by atoms with van der Waals surface area (Å²) in [6, 6.07) is 7.14. The second-order valence-electron chi connectivity index (χ2n) is 6.03. The summed E-state index contributed by atoms with van der Waals surface area (Å²) >= 11 is 3.35. The number of benzene rings is 1. The van der Waals surface area contributed by atoms with Crippen LogP contribution in [0.5, 0.6) is 0 Å². The minimum absolute atomic E-state index is 0.0631. The molecule has 1 aromatic carbocycles. The Morgan fingerprint density at radius 3 is 2.57 bits per heavy atom. The van der Waals surface area contributed by atoms with Gasteiger partial charge < -0.3 is 4.74 Å². The molecule has 0 bridgehead atoms. The van der Waals surface area contributed by atoms with E-state index in [0.717, 1.165) is 36.6 Å². The first kappa shape index (κ1) is 14.8. The lowest BCUT2D eigenvalue weighted by Crippen LogP contribution is -2.43. The fraction of sp³-hybridized carbons (Fsp3) is 0.529. The zero-order valence-corrected chi connectivity index (χ0v) is 13.5. The van der Waals surface area contributed by atoms with Crippen molar-refractivity contribution in [2.75, 3.05) is 0 Å². The van der Waals surface area contributed by atoms with E-state index in [9.17, 15) is 9.59 Å². The van der Waals surface area contributed by atoms with Crippen LogP contribution in [0.15, 0.2) is 28.7 Å². The molecule has 0 saturated heterocycles. The number of halogens is 1. The van der Waals surface area contributed by atoms with Gasteiger partial charge in [0.25, 0.3) is 0 Å². The smallest absolute Gasteiger partial charge is 0.338 e. The molecule has 2 fully saturated rings. The summed E-state index contributed by atoms with van der Waals surface area (Å²) in [5.74, 6) is 0.334. The largest absolute Gasteiger partial charge is 0.458 e. The van der Waals surface area contributed by atoms with Gasteiger partial charge in [-0.25, -0.2) is 4.79 Å². The molecule has 4 heteroatoms. The average Bonchev–Trinajstić information content (AvgIpc) is 2.48. The van der Waals surface area contributed by atoms with E-state index in [1.165, 1.54) is 0 Å². The maximum Gasteiger partial charge on any atom is 0.338 e. The van der Waals surface area contributed by atoms with Gasteiger partial charge in [0.1, 0.15) is 11.9 Å². The topological polar surface area (TPSA) is 43.4 Å². The lowest BCUT2D eigenvalue weighted by atomic mass is 9.68. The third-order valence-corrected chi connectivity index (χ3v) is 5.21. The average molecular weight is 351 g/mol. The summed E-state index contributed by atoms with van der Waals surface area (Å²) in [7, 11) is 0. The number of esters is 1. The van der Waals surface area contributed by atoms with Gasteiger partial charge in [-0.2, -0.15) is 0 Å². The summed E-state index contributed by atoms with van der Waals surface area (Å²) in [5.41, 5.74) is 0.545. The molecule has 3 rings (SSSR count). The second-order valence-corrected chi connectivity index (χ2v) is 6.94. The van der Waals surface area contributed by atoms with Crippen molar-refractivity contribution in [2.24, 2.45) is 11.8 Å². The number of fused-ring (bicyclic) bond motifs is 1. The zero-order chi connectivity index (χ0) is 14.8. The standard InChI is InChI=1S/C17H19BrO3/c18-13-9-7-12(8-10-13)17(20)21-15-6-2-4-11-3-1-5-14(19)16(11)15/h7-11,15-16H,1-6H2/t11-,15-,16+/m1/s1. The molecule has 2 aliphatic rings. The molecule has 0 amide bonds. The Morgan fingerprint density at radius 1 is 1.10 bits per heavy atom. The van der Waals surface area contributed by atoms with Crippen LogP contribution in [0.2, 0.25) is 0 Å². The molecular weight excluding hydrogens is 332 g/mol. The monoisotopic (exact) mass is 350 g/mol. The van der Waals surface area contributed by atoms with Crippen LogP contribution in [-0.2, 0) is 9.53 Å². The Bertz CT molecular complexity index is 535. The van der Waals surface area contributed by atoms with Crippen molar-refractivity contribution >= 4 is 27.7 Å². The normalized spacial score (nSPS) is 28.8. The van der Waals surface area contributed by atoms with Gasteiger partial charge in [0.15, 0.2) is 0 Å². The molecule has 0 N–H and O–H groups in total. The van der Waals surface area contributed by atoms with Crippen molar-refractivity contribution in [3.63, 3.8) is 0 Å². The van der Waals surface area contributed by atoms with E-state index in [1.807, 2.05) is 12.1 Å². The predicted molar refractivity (Wildman–Crippen MR) is 83.0 cm³/mol. The van der Waals surface area contributed by atoms with Crippen LogP contribution in [-0.4, -0.2) is 17.9 Å². The van der Waals surface area contributed by atoms with E-state index in [4.69, 9.17) is 4.74 Å². The Balaban J connectivity index is 1.72. The Hall–Kier alpha value is -1.16. The number of ketones is 1. The number of Topliss-reactive ketones (excluding diaryl/α,β-unsaturated/α-hetero) is 1. The SMILES string of the molecule is O=C(O[C@@H]1CCC[C@H]2CCCC(=O)[C@H]21)c1ccc(Br)cc1. The molecule has 2 aliphatic carbocycles. The Labute approximate surface area is 133 Å². The predicted octanol–water partition coefficient (Wildman–Crippen LogP) is 4.14. The van der Waals surface area contributed by atoms with E-state index in [0.29, 0.717) is 23.7 Å². The summed E-state index contributed by atoms with van der Waals surface area (Å²) < 4.78 is 6.61. The second kappa shape index (κ2) is 6.30. The molecule has 112 valence electrons. The number of carbonyl (C=O) groups is 2. The van der Waals surface area contributed by atoms with Crippen LogP contribution in [0.1, 0.15) is 48.9 Å². The summed E-state index contributed by atoms with van der Waals surface area (Å²) in [6.45, 7) is 0. The van der Waals surface area contributed by atoms with Gasteiger partial charge >= 0.3 is 5.97 Å². The maximum absolute atomic E-state index is 12.3. The fourth-order valence-corrected chi connectivity index (χ4v) is 3.93. The van der Waals surface area contributed by atoms with E-state index in [2.05, 4.69) is 15.9 Å². The third kappa shape index (κ3) is 3.20. The van der Waals surface area contributed by atoms with Crippen LogP contribution in [0.3, 0.4) is 0 Å². The molecule has 21 heavy (non-hydrogen) atoms. The van der Waals surface area contributed by atoms with Crippen LogP contribution in [0, 0.1) is 11.8 Å². The van der Waals surface area contributed by atoms with E-state index < -0.39 is 0 Å². The van der Waals surface area contributed by atoms with Gasteiger partial charge in [-0.1, -0.05) is 15.9 Å². The lowest BCUT2D eigenvalue weighted by molar-refractivity contribution is -0.134. The highest BCUT2D eigenvalue weighted by Gasteiger charge is 2.42. The lowest BCUT2D eigenvalue weighted by Gasteiger charge is -2.39. The first-order chi connectivity index (χ1) is 10.1. The molecule has 1 aromatic rings. The van der Waals surface area contributed by atoms with Crippen molar-refractivity contribution in [3.8, 4) is 0 Å². The van der Waals surface area contributed by atoms with E-state index >= 15 is 0 Å². The molecular formula is C17H19BrO3. The minimum Gasteiger partial charge on any atom is -0.458 e. The third-order valence-electron chi connectivity index (χ3n) is 4.68. The fourth-order valence-electron chi connectivity index (χ4n) is 3.67. The van der Waals surface area contributed by atoms with Crippen molar-refractivity contribution in [1.29, 1.82) is 0 Å². The molecule has 2 saturated carbocycles. The van der Waals surface area contributed by atoms with Crippen molar-refractivity contribution in [2.45, 2.75) is 44.6 Å². The highest BCUT2D eigenvalue weighted by atomic mass is 79.9. The van der Waals surface area contributed by atoms with Gasteiger partial charge in [-0.05, 0) is 62.3 Å². The molecule has 0 aliphatic heterocycles. The summed E-state index contributed by atoms with van der Waals surface area (Å²) in [4.78, 5) is 24.5. The van der Waals surface area contributed by atoms with E-state index in [-0.39, 0.29) is 18.0 Å². The molecule has 0 aromatic heterocycles. The van der Waals surface area contributed by atoms with Crippen molar-refractivity contribution < 1.29 is 14.3 Å². The number of hydrogen-bond donors (Lipinski definition) is 0. The van der Waals surface area contributed by atoms with Gasteiger partial charge in [-0.3, -0.25) is 4.79 Å². The number of hydrogen-bond acceptors (Lipinski definition) is 3. The molecule has 0 spiro atoms. The number of ether oxygens (including phenoxy) is 1. The quantitative estimate of drug-likeness (QED) is 0.752.